The number of benzene rings is 1. The first-order valence-corrected chi connectivity index (χ1v) is 13.0. The molecular weight excluding hydrogens is 478 g/mol. The van der Waals surface area contributed by atoms with E-state index in [1.807, 2.05) is 6.07 Å². The van der Waals surface area contributed by atoms with Gasteiger partial charge in [-0.1, -0.05) is 17.6 Å². The van der Waals surface area contributed by atoms with Crippen molar-refractivity contribution >= 4 is 11.7 Å². The second-order valence-corrected chi connectivity index (χ2v) is 10.4. The van der Waals surface area contributed by atoms with Crippen molar-refractivity contribution in [2.24, 2.45) is 11.8 Å². The molecule has 4 aliphatic rings. The van der Waals surface area contributed by atoms with Crippen LogP contribution in [0.25, 0.3) is 5.76 Å². The molecule has 0 amide bonds. The Morgan fingerprint density at radius 2 is 1.86 bits per heavy atom. The minimum atomic E-state index is -1.83. The standard InChI is InChI=1S/C28H33NO8/c1-35-25(21-15-6-4-8-19(21)18-7-3-2-5-14(18)11-15)16-9-10-17(13-29)20(12-16)36-28-24(32)22(30)23(31)26(37-28)27(33)34/h9-10,12,15,19,22-24,26,28,30-32H,2-8,11H2,1H3,(H,33,34)/b25-21+/t15?,19?,22?,23-,24-,26?,28+/m0/s1. The lowest BCUT2D eigenvalue weighted by atomic mass is 9.62. The predicted octanol–water partition coefficient (Wildman–Crippen LogP) is 2.88. The highest BCUT2D eigenvalue weighted by molar-refractivity contribution is 5.73. The topological polar surface area (TPSA) is 149 Å². The second-order valence-electron chi connectivity index (χ2n) is 10.4. The van der Waals surface area contributed by atoms with E-state index < -0.39 is 36.7 Å². The van der Waals surface area contributed by atoms with E-state index in [2.05, 4.69) is 0 Å². The number of aliphatic hydroxyl groups excluding tert-OH is 3. The molecule has 4 N–H and O–H groups in total. The summed E-state index contributed by atoms with van der Waals surface area (Å²) >= 11 is 0. The second kappa shape index (κ2) is 10.5. The van der Waals surface area contributed by atoms with Gasteiger partial charge in [0.05, 0.1) is 12.7 Å². The molecule has 1 heterocycles. The fraction of sp³-hybridized carbons (Fsp3) is 0.571. The first kappa shape index (κ1) is 25.7. The number of allylic oxidation sites excluding steroid dienone is 3. The zero-order valence-corrected chi connectivity index (χ0v) is 20.8. The van der Waals surface area contributed by atoms with Gasteiger partial charge in [-0.25, -0.2) is 4.79 Å². The van der Waals surface area contributed by atoms with Crippen LogP contribution in [-0.4, -0.2) is 64.2 Å². The molecule has 1 saturated carbocycles. The van der Waals surface area contributed by atoms with Gasteiger partial charge in [-0.15, -0.1) is 0 Å². The quantitative estimate of drug-likeness (QED) is 0.346. The summed E-state index contributed by atoms with van der Waals surface area (Å²) in [6.45, 7) is 0. The average Bonchev–Trinajstić information content (AvgIpc) is 2.89. The van der Waals surface area contributed by atoms with Crippen molar-refractivity contribution in [2.45, 2.75) is 82.1 Å². The van der Waals surface area contributed by atoms with Crippen molar-refractivity contribution < 1.29 is 39.4 Å². The van der Waals surface area contributed by atoms with Gasteiger partial charge >= 0.3 is 5.97 Å². The van der Waals surface area contributed by atoms with Gasteiger partial charge in [-0.05, 0) is 74.6 Å². The Bertz CT molecular complexity index is 1170. The van der Waals surface area contributed by atoms with E-state index in [9.17, 15) is 30.5 Å². The summed E-state index contributed by atoms with van der Waals surface area (Å²) in [6, 6.07) is 7.06. The van der Waals surface area contributed by atoms with E-state index >= 15 is 0 Å². The number of hydrogen-bond donors (Lipinski definition) is 4. The minimum Gasteiger partial charge on any atom is -0.496 e. The molecule has 0 aromatic heterocycles. The van der Waals surface area contributed by atoms with Gasteiger partial charge in [0, 0.05) is 11.5 Å². The fourth-order valence-electron chi connectivity index (χ4n) is 6.55. The van der Waals surface area contributed by atoms with Gasteiger partial charge in [0.15, 0.2) is 6.10 Å². The molecule has 4 unspecified atom stereocenters. The van der Waals surface area contributed by atoms with E-state index in [4.69, 9.17) is 14.2 Å². The Morgan fingerprint density at radius 1 is 1.08 bits per heavy atom. The van der Waals surface area contributed by atoms with E-state index in [1.54, 1.807) is 36.5 Å². The normalized spacial score (nSPS) is 34.7. The van der Waals surface area contributed by atoms with Crippen molar-refractivity contribution in [1.29, 1.82) is 5.26 Å². The summed E-state index contributed by atoms with van der Waals surface area (Å²) in [6.07, 6.45) is 0.474. The van der Waals surface area contributed by atoms with Gasteiger partial charge in [-0.2, -0.15) is 5.26 Å². The average molecular weight is 512 g/mol. The summed E-state index contributed by atoms with van der Waals surface area (Å²) in [5.41, 5.74) is 5.35. The van der Waals surface area contributed by atoms with Crippen LogP contribution in [0.3, 0.4) is 0 Å². The number of aliphatic hydroxyl groups is 3. The van der Waals surface area contributed by atoms with Crippen molar-refractivity contribution in [3.8, 4) is 11.8 Å². The Balaban J connectivity index is 1.51. The molecule has 198 valence electrons. The first-order valence-electron chi connectivity index (χ1n) is 13.0. The van der Waals surface area contributed by atoms with E-state index in [-0.39, 0.29) is 11.3 Å². The molecule has 2 fully saturated rings. The zero-order chi connectivity index (χ0) is 26.3. The van der Waals surface area contributed by atoms with Crippen molar-refractivity contribution in [3.05, 3.63) is 46.0 Å². The maximum absolute atomic E-state index is 11.5. The third-order valence-corrected chi connectivity index (χ3v) is 8.29. The SMILES string of the molecule is CO/C(=C1\C2CCCC1C1=C(CCCC1)C2)c1ccc(C#N)c(O[C@@H]2OC(C(=O)O)[C@@H](O)C(O)[C@@H]2O)c1. The molecule has 1 aromatic carbocycles. The highest BCUT2D eigenvalue weighted by Gasteiger charge is 2.48. The van der Waals surface area contributed by atoms with Gasteiger partial charge in [-0.3, -0.25) is 0 Å². The summed E-state index contributed by atoms with van der Waals surface area (Å²) in [5.74, 6) is 0.0693. The largest absolute Gasteiger partial charge is 0.496 e. The molecule has 9 heteroatoms. The van der Waals surface area contributed by atoms with E-state index in [1.165, 1.54) is 31.3 Å². The molecule has 9 nitrogen and oxygen atoms in total. The Hall–Kier alpha value is -2.90. The van der Waals surface area contributed by atoms with Crippen LogP contribution in [0.4, 0.5) is 0 Å². The van der Waals surface area contributed by atoms with Crippen LogP contribution in [0.5, 0.6) is 5.75 Å². The van der Waals surface area contributed by atoms with Crippen LogP contribution in [0.2, 0.25) is 0 Å². The fourth-order valence-corrected chi connectivity index (χ4v) is 6.55. The summed E-state index contributed by atoms with van der Waals surface area (Å²) in [4.78, 5) is 11.5. The zero-order valence-electron chi connectivity index (χ0n) is 20.8. The summed E-state index contributed by atoms with van der Waals surface area (Å²) in [5, 5.41) is 49.5. The molecule has 7 atom stereocenters. The first-order chi connectivity index (χ1) is 17.8. The van der Waals surface area contributed by atoms with Gasteiger partial charge in [0.25, 0.3) is 0 Å². The van der Waals surface area contributed by atoms with Gasteiger partial charge in [0.1, 0.15) is 35.9 Å². The van der Waals surface area contributed by atoms with Crippen molar-refractivity contribution in [2.75, 3.05) is 7.11 Å². The van der Waals surface area contributed by atoms with E-state index in [0.717, 1.165) is 31.4 Å². The maximum atomic E-state index is 11.5. The Kier molecular flexibility index (Phi) is 7.28. The number of carboxylic acids is 1. The van der Waals surface area contributed by atoms with Crippen LogP contribution >= 0.6 is 0 Å². The third-order valence-electron chi connectivity index (χ3n) is 8.29. The molecule has 0 radical (unpaired) electrons. The monoisotopic (exact) mass is 511 g/mol. The number of rotatable bonds is 5. The summed E-state index contributed by atoms with van der Waals surface area (Å²) in [7, 11) is 1.64. The lowest BCUT2D eigenvalue weighted by Gasteiger charge is -2.43. The van der Waals surface area contributed by atoms with Crippen LogP contribution < -0.4 is 4.74 Å². The highest BCUT2D eigenvalue weighted by atomic mass is 16.7. The predicted molar refractivity (Wildman–Crippen MR) is 131 cm³/mol. The lowest BCUT2D eigenvalue weighted by molar-refractivity contribution is -0.271. The maximum Gasteiger partial charge on any atom is 0.335 e. The number of hydrogen-bond acceptors (Lipinski definition) is 8. The molecule has 1 saturated heterocycles. The number of fused-ring (bicyclic) bond motifs is 3. The molecule has 1 aliphatic heterocycles. The molecule has 0 spiro atoms. The Labute approximate surface area is 215 Å². The number of aliphatic carboxylic acids is 1. The number of methoxy groups -OCH3 is 1. The van der Waals surface area contributed by atoms with Crippen molar-refractivity contribution in [3.63, 3.8) is 0 Å². The van der Waals surface area contributed by atoms with Crippen LogP contribution in [0, 0.1) is 23.2 Å². The highest BCUT2D eigenvalue weighted by Crippen LogP contribution is 2.53. The smallest absolute Gasteiger partial charge is 0.335 e. The number of ether oxygens (including phenoxy) is 3. The lowest BCUT2D eigenvalue weighted by Crippen LogP contribution is -2.61. The van der Waals surface area contributed by atoms with Crippen LogP contribution in [0.1, 0.15) is 62.5 Å². The number of nitriles is 1. The molecule has 1 aromatic rings. The number of carboxylic acid groups (broad SMARTS) is 1. The summed E-state index contributed by atoms with van der Waals surface area (Å²) < 4.78 is 17.0. The third kappa shape index (κ3) is 4.64. The minimum absolute atomic E-state index is 0.0606. The van der Waals surface area contributed by atoms with Crippen LogP contribution in [0.15, 0.2) is 34.9 Å². The Morgan fingerprint density at radius 3 is 2.59 bits per heavy atom. The van der Waals surface area contributed by atoms with E-state index in [0.29, 0.717) is 17.4 Å². The molecule has 2 bridgehead atoms. The molecular formula is C28H33NO8. The molecule has 5 rings (SSSR count). The van der Waals surface area contributed by atoms with Crippen LogP contribution in [-0.2, 0) is 14.3 Å². The molecule has 3 aliphatic carbocycles. The van der Waals surface area contributed by atoms with Gasteiger partial charge < -0.3 is 34.6 Å². The number of carbonyl (C=O) groups is 1. The van der Waals surface area contributed by atoms with Crippen molar-refractivity contribution in [1.82, 2.24) is 0 Å². The number of nitrogens with zero attached hydrogens (tertiary/aromatic N) is 1. The van der Waals surface area contributed by atoms with Gasteiger partial charge in [0.2, 0.25) is 6.29 Å². The molecule has 37 heavy (non-hydrogen) atoms.